The highest BCUT2D eigenvalue weighted by Gasteiger charge is 2.33. The van der Waals surface area contributed by atoms with Gasteiger partial charge in [-0.15, -0.1) is 0 Å². The third-order valence-electron chi connectivity index (χ3n) is 3.54. The minimum atomic E-state index is -3.03. The number of carbonyl (C=O) groups excluding carboxylic acids is 1. The van der Waals surface area contributed by atoms with E-state index in [1.165, 1.54) is 17.2 Å². The summed E-state index contributed by atoms with van der Waals surface area (Å²) in [5.41, 5.74) is 0.238. The van der Waals surface area contributed by atoms with E-state index >= 15 is 0 Å². The number of aromatic nitrogens is 2. The molecule has 1 aliphatic heterocycles. The van der Waals surface area contributed by atoms with Crippen molar-refractivity contribution in [1.82, 2.24) is 14.9 Å². The van der Waals surface area contributed by atoms with Crippen molar-refractivity contribution in [2.24, 2.45) is 0 Å². The number of nitrogens with zero attached hydrogens (tertiary/aromatic N) is 3. The van der Waals surface area contributed by atoms with Gasteiger partial charge in [0.1, 0.15) is 5.69 Å². The first-order valence-electron chi connectivity index (χ1n) is 6.96. The summed E-state index contributed by atoms with van der Waals surface area (Å²) in [6.45, 7) is 1.03. The zero-order valence-electron chi connectivity index (χ0n) is 12.7. The molecule has 0 bridgehead atoms. The maximum absolute atomic E-state index is 12.4. The van der Waals surface area contributed by atoms with E-state index in [1.807, 2.05) is 0 Å². The second kappa shape index (κ2) is 7.01. The summed E-state index contributed by atoms with van der Waals surface area (Å²) >= 11 is 0. The van der Waals surface area contributed by atoms with Crippen LogP contribution >= 0.6 is 0 Å². The van der Waals surface area contributed by atoms with Crippen LogP contribution in [0.15, 0.2) is 12.3 Å². The number of hydrogen-bond acceptors (Lipinski definition) is 7. The SMILES string of the molecule is COCCNc1nccc(C(=O)N(C)C2CCS(=O)(=O)C2)n1. The number of rotatable bonds is 6. The summed E-state index contributed by atoms with van der Waals surface area (Å²) in [5, 5.41) is 2.95. The Morgan fingerprint density at radius 3 is 2.95 bits per heavy atom. The topological polar surface area (TPSA) is 101 Å². The Bertz CT molecular complexity index is 635. The first-order chi connectivity index (χ1) is 10.4. The van der Waals surface area contributed by atoms with Gasteiger partial charge in [-0.2, -0.15) is 0 Å². The second-order valence-electron chi connectivity index (χ2n) is 5.16. The lowest BCUT2D eigenvalue weighted by molar-refractivity contribution is 0.0741. The smallest absolute Gasteiger partial charge is 0.272 e. The first kappa shape index (κ1) is 16.6. The summed E-state index contributed by atoms with van der Waals surface area (Å²) in [6, 6.07) is 1.22. The Morgan fingerprint density at radius 2 is 2.32 bits per heavy atom. The molecule has 2 heterocycles. The number of anilines is 1. The highest BCUT2D eigenvalue weighted by atomic mass is 32.2. The van der Waals surface area contributed by atoms with Gasteiger partial charge in [-0.25, -0.2) is 18.4 Å². The van der Waals surface area contributed by atoms with Crippen LogP contribution in [0.1, 0.15) is 16.9 Å². The zero-order valence-corrected chi connectivity index (χ0v) is 13.5. The number of amides is 1. The molecule has 1 amide bonds. The lowest BCUT2D eigenvalue weighted by Gasteiger charge is -2.23. The monoisotopic (exact) mass is 328 g/mol. The molecule has 1 atom stereocenters. The van der Waals surface area contributed by atoms with Crippen LogP contribution in [0.5, 0.6) is 0 Å². The van der Waals surface area contributed by atoms with Gasteiger partial charge in [-0.05, 0) is 12.5 Å². The molecular formula is C13H20N4O4S. The average molecular weight is 328 g/mol. The Labute approximate surface area is 129 Å². The van der Waals surface area contributed by atoms with Crippen molar-refractivity contribution >= 4 is 21.7 Å². The van der Waals surface area contributed by atoms with Crippen LogP contribution in [0, 0.1) is 0 Å². The van der Waals surface area contributed by atoms with Crippen LogP contribution in [0.2, 0.25) is 0 Å². The molecule has 1 N–H and O–H groups in total. The quantitative estimate of drug-likeness (QED) is 0.721. The molecule has 22 heavy (non-hydrogen) atoms. The zero-order chi connectivity index (χ0) is 16.2. The number of ether oxygens (including phenoxy) is 1. The fourth-order valence-electron chi connectivity index (χ4n) is 2.26. The third-order valence-corrected chi connectivity index (χ3v) is 5.29. The molecule has 0 aliphatic carbocycles. The highest BCUT2D eigenvalue weighted by molar-refractivity contribution is 7.91. The Balaban J connectivity index is 2.04. The van der Waals surface area contributed by atoms with Crippen molar-refractivity contribution in [2.75, 3.05) is 44.1 Å². The van der Waals surface area contributed by atoms with Gasteiger partial charge in [-0.1, -0.05) is 0 Å². The first-order valence-corrected chi connectivity index (χ1v) is 8.78. The van der Waals surface area contributed by atoms with E-state index in [0.29, 0.717) is 25.5 Å². The van der Waals surface area contributed by atoms with Gasteiger partial charge in [-0.3, -0.25) is 4.79 Å². The summed E-state index contributed by atoms with van der Waals surface area (Å²) in [7, 11) is 0.163. The van der Waals surface area contributed by atoms with E-state index in [9.17, 15) is 13.2 Å². The molecule has 9 heteroatoms. The molecule has 1 unspecified atom stereocenters. The molecule has 0 radical (unpaired) electrons. The number of hydrogen-bond donors (Lipinski definition) is 1. The molecule has 0 spiro atoms. The van der Waals surface area contributed by atoms with Gasteiger partial charge in [0.2, 0.25) is 5.95 Å². The number of carbonyl (C=O) groups is 1. The Morgan fingerprint density at radius 1 is 1.55 bits per heavy atom. The largest absolute Gasteiger partial charge is 0.383 e. The Kier molecular flexibility index (Phi) is 5.30. The summed E-state index contributed by atoms with van der Waals surface area (Å²) in [6.07, 6.45) is 1.96. The lowest BCUT2D eigenvalue weighted by atomic mass is 10.2. The van der Waals surface area contributed by atoms with Crippen molar-refractivity contribution in [3.8, 4) is 0 Å². The molecule has 122 valence electrons. The maximum atomic E-state index is 12.4. The number of sulfone groups is 1. The molecule has 1 aromatic heterocycles. The summed E-state index contributed by atoms with van der Waals surface area (Å²) in [4.78, 5) is 22.0. The van der Waals surface area contributed by atoms with Gasteiger partial charge < -0.3 is 15.0 Å². The van der Waals surface area contributed by atoms with E-state index < -0.39 is 9.84 Å². The van der Waals surface area contributed by atoms with Crippen molar-refractivity contribution < 1.29 is 17.9 Å². The standard InChI is InChI=1S/C13H20N4O4S/c1-17(10-4-8-22(19,20)9-10)12(18)11-3-5-14-13(16-11)15-6-7-21-2/h3,5,10H,4,6-9H2,1-2H3,(H,14,15,16). The molecule has 1 aliphatic rings. The highest BCUT2D eigenvalue weighted by Crippen LogP contribution is 2.18. The average Bonchev–Trinajstić information content (AvgIpc) is 2.86. The number of methoxy groups -OCH3 is 1. The minimum absolute atomic E-state index is 0.0132. The minimum Gasteiger partial charge on any atom is -0.383 e. The second-order valence-corrected chi connectivity index (χ2v) is 7.39. The van der Waals surface area contributed by atoms with Crippen LogP contribution in [0.25, 0.3) is 0 Å². The fourth-order valence-corrected chi connectivity index (χ4v) is 4.03. The van der Waals surface area contributed by atoms with Crippen molar-refractivity contribution in [2.45, 2.75) is 12.5 Å². The normalized spacial score (nSPS) is 19.8. The third kappa shape index (κ3) is 4.14. The van der Waals surface area contributed by atoms with Gasteiger partial charge in [0, 0.05) is 32.9 Å². The summed E-state index contributed by atoms with van der Waals surface area (Å²) < 4.78 is 28.0. The molecule has 0 saturated carbocycles. The van der Waals surface area contributed by atoms with Gasteiger partial charge in [0.15, 0.2) is 9.84 Å². The van der Waals surface area contributed by atoms with Crippen molar-refractivity contribution in [3.63, 3.8) is 0 Å². The Hall–Kier alpha value is -1.74. The number of nitrogens with one attached hydrogen (secondary N) is 1. The van der Waals surface area contributed by atoms with Gasteiger partial charge >= 0.3 is 0 Å². The van der Waals surface area contributed by atoms with Crippen LogP contribution in [0.3, 0.4) is 0 Å². The van der Waals surface area contributed by atoms with Crippen LogP contribution in [-0.2, 0) is 14.6 Å². The van der Waals surface area contributed by atoms with Crippen LogP contribution < -0.4 is 5.32 Å². The van der Waals surface area contributed by atoms with Crippen LogP contribution in [0.4, 0.5) is 5.95 Å². The lowest BCUT2D eigenvalue weighted by Crippen LogP contribution is -2.38. The van der Waals surface area contributed by atoms with E-state index in [2.05, 4.69) is 15.3 Å². The predicted molar refractivity (Wildman–Crippen MR) is 81.6 cm³/mol. The molecule has 2 rings (SSSR count). The van der Waals surface area contributed by atoms with Crippen LogP contribution in [-0.4, -0.2) is 74.0 Å². The van der Waals surface area contributed by atoms with Gasteiger partial charge in [0.25, 0.3) is 5.91 Å². The molecule has 8 nitrogen and oxygen atoms in total. The summed E-state index contributed by atoms with van der Waals surface area (Å²) in [5.74, 6) is 0.178. The van der Waals surface area contributed by atoms with E-state index in [-0.39, 0.29) is 29.1 Å². The molecular weight excluding hydrogens is 308 g/mol. The fraction of sp³-hybridized carbons (Fsp3) is 0.615. The van der Waals surface area contributed by atoms with E-state index in [0.717, 1.165) is 0 Å². The molecule has 1 fully saturated rings. The van der Waals surface area contributed by atoms with Crippen molar-refractivity contribution in [3.05, 3.63) is 18.0 Å². The van der Waals surface area contributed by atoms with Crippen molar-refractivity contribution in [1.29, 1.82) is 0 Å². The van der Waals surface area contributed by atoms with E-state index in [1.54, 1.807) is 14.2 Å². The molecule has 0 aromatic carbocycles. The van der Waals surface area contributed by atoms with Gasteiger partial charge in [0.05, 0.1) is 18.1 Å². The maximum Gasteiger partial charge on any atom is 0.272 e. The molecule has 1 aromatic rings. The predicted octanol–water partition coefficient (Wildman–Crippen LogP) is -0.206. The molecule has 1 saturated heterocycles. The van der Waals surface area contributed by atoms with E-state index in [4.69, 9.17) is 4.74 Å².